The van der Waals surface area contributed by atoms with Gasteiger partial charge in [0.1, 0.15) is 11.5 Å². The number of rotatable bonds is 21. The van der Waals surface area contributed by atoms with Crippen molar-refractivity contribution >= 4 is 36.4 Å². The van der Waals surface area contributed by atoms with E-state index >= 15 is 0 Å². The Morgan fingerprint density at radius 2 is 0.881 bits per heavy atom. The van der Waals surface area contributed by atoms with Gasteiger partial charge in [0, 0.05) is 36.1 Å². The minimum Gasteiger partial charge on any atom is -0.494 e. The van der Waals surface area contributed by atoms with Gasteiger partial charge in [0.25, 0.3) is 0 Å². The van der Waals surface area contributed by atoms with Crippen molar-refractivity contribution < 1.29 is 19.1 Å². The monoisotopic (exact) mass is 624 g/mol. The highest BCUT2D eigenvalue weighted by molar-refractivity contribution is 5.98. The molecule has 2 aromatic rings. The Labute approximate surface area is 267 Å². The molecule has 0 N–H and O–H groups in total. The molecule has 42 heavy (non-hydrogen) atoms. The van der Waals surface area contributed by atoms with Crippen LogP contribution in [0.4, 0.5) is 0 Å². The van der Waals surface area contributed by atoms with E-state index in [1.54, 1.807) is 0 Å². The van der Waals surface area contributed by atoms with E-state index in [0.717, 1.165) is 87.6 Å². The second-order valence-corrected chi connectivity index (χ2v) is 10.3. The molecule has 0 aliphatic carbocycles. The zero-order valence-corrected chi connectivity index (χ0v) is 28.2. The summed E-state index contributed by atoms with van der Waals surface area (Å²) in [6.45, 7) is 18.9. The van der Waals surface area contributed by atoms with Gasteiger partial charge in [-0.25, -0.2) is 0 Å². The number of unbranched alkanes of at least 4 members (excludes halogenated alkanes) is 1. The van der Waals surface area contributed by atoms with Gasteiger partial charge < -0.3 is 19.3 Å². The smallest absolute Gasteiger partial charge is 0.167 e. The Balaban J connectivity index is 0.00000840. The van der Waals surface area contributed by atoms with E-state index in [9.17, 15) is 9.59 Å². The van der Waals surface area contributed by atoms with E-state index in [0.29, 0.717) is 13.2 Å². The lowest BCUT2D eigenvalue weighted by Gasteiger charge is -2.26. The summed E-state index contributed by atoms with van der Waals surface area (Å²) in [7, 11) is 0. The van der Waals surface area contributed by atoms with E-state index in [1.165, 1.54) is 0 Å². The van der Waals surface area contributed by atoms with Gasteiger partial charge >= 0.3 is 0 Å². The van der Waals surface area contributed by atoms with Crippen LogP contribution in [0.1, 0.15) is 87.9 Å². The molecule has 0 fully saturated rings. The van der Waals surface area contributed by atoms with Gasteiger partial charge in [-0.15, -0.1) is 24.8 Å². The van der Waals surface area contributed by atoms with Crippen LogP contribution in [0, 0.1) is 11.8 Å². The number of hydrogen-bond donors (Lipinski definition) is 0. The second kappa shape index (κ2) is 22.4. The van der Waals surface area contributed by atoms with Crippen molar-refractivity contribution in [2.75, 3.05) is 52.5 Å². The lowest BCUT2D eigenvalue weighted by Crippen LogP contribution is -2.34. The minimum absolute atomic E-state index is 0. The molecule has 0 spiro atoms. The molecule has 0 saturated carbocycles. The first kappa shape index (κ1) is 39.9. The lowest BCUT2D eigenvalue weighted by molar-refractivity contribution is 0.0852. The number of benzene rings is 2. The molecule has 0 aliphatic heterocycles. The first-order valence-electron chi connectivity index (χ1n) is 15.4. The van der Waals surface area contributed by atoms with Gasteiger partial charge in [-0.2, -0.15) is 0 Å². The predicted octanol–water partition coefficient (Wildman–Crippen LogP) is 7.87. The molecule has 0 aromatic heterocycles. The molecule has 2 aromatic carbocycles. The van der Waals surface area contributed by atoms with Gasteiger partial charge in [-0.3, -0.25) is 9.59 Å². The van der Waals surface area contributed by atoms with Crippen molar-refractivity contribution in [3.05, 3.63) is 59.7 Å². The summed E-state index contributed by atoms with van der Waals surface area (Å²) in [4.78, 5) is 31.8. The van der Waals surface area contributed by atoms with Crippen LogP contribution in [0.5, 0.6) is 11.5 Å². The number of ketones is 2. The van der Waals surface area contributed by atoms with Crippen molar-refractivity contribution in [2.45, 2.75) is 67.2 Å². The highest BCUT2D eigenvalue weighted by Gasteiger charge is 2.25. The highest BCUT2D eigenvalue weighted by atomic mass is 35.5. The maximum atomic E-state index is 13.6. The topological polar surface area (TPSA) is 59.1 Å². The summed E-state index contributed by atoms with van der Waals surface area (Å²) in [5.74, 6) is 1.83. The fourth-order valence-electron chi connectivity index (χ4n) is 5.21. The van der Waals surface area contributed by atoms with Crippen molar-refractivity contribution in [3.63, 3.8) is 0 Å². The molecule has 0 amide bonds. The molecule has 2 unspecified atom stereocenters. The Kier molecular flexibility index (Phi) is 21.3. The molecule has 0 heterocycles. The maximum absolute atomic E-state index is 13.6. The van der Waals surface area contributed by atoms with E-state index in [4.69, 9.17) is 9.47 Å². The first-order valence-corrected chi connectivity index (χ1v) is 15.4. The van der Waals surface area contributed by atoms with Gasteiger partial charge in [-0.05, 0) is 101 Å². The molecule has 0 aliphatic rings. The minimum atomic E-state index is -0.0686. The quantitative estimate of drug-likeness (QED) is 0.104. The van der Waals surface area contributed by atoms with Crippen LogP contribution in [-0.4, -0.2) is 73.8 Å². The second-order valence-electron chi connectivity index (χ2n) is 10.3. The predicted molar refractivity (Wildman–Crippen MR) is 179 cm³/mol. The average molecular weight is 626 g/mol. The van der Waals surface area contributed by atoms with Crippen LogP contribution in [0.2, 0.25) is 0 Å². The Morgan fingerprint density at radius 3 is 1.14 bits per heavy atom. The third kappa shape index (κ3) is 13.0. The number of Topliss-reactive ketones (excluding diaryl/α,β-unsaturated/α-hetero) is 2. The molecule has 2 atom stereocenters. The SMILES string of the molecule is CCOc1ccc(C(=O)C(CCCCC(CN(CC)CC)C(=O)c2ccc(OCC)cc2)CN(CC)CC)cc1.Cl.Cl. The van der Waals surface area contributed by atoms with Crippen LogP contribution in [0.25, 0.3) is 0 Å². The van der Waals surface area contributed by atoms with Crippen LogP contribution in [0.15, 0.2) is 48.5 Å². The van der Waals surface area contributed by atoms with E-state index in [1.807, 2.05) is 62.4 Å². The van der Waals surface area contributed by atoms with Crippen molar-refractivity contribution in [3.8, 4) is 11.5 Å². The average Bonchev–Trinajstić information content (AvgIpc) is 2.99. The number of ether oxygens (including phenoxy) is 2. The molecule has 238 valence electrons. The van der Waals surface area contributed by atoms with Crippen molar-refractivity contribution in [1.82, 2.24) is 9.80 Å². The van der Waals surface area contributed by atoms with Crippen LogP contribution in [0.3, 0.4) is 0 Å². The Hall–Kier alpha value is -2.12. The first-order chi connectivity index (χ1) is 19.4. The van der Waals surface area contributed by atoms with Crippen LogP contribution < -0.4 is 9.47 Å². The molecule has 0 bridgehead atoms. The summed E-state index contributed by atoms with van der Waals surface area (Å²) in [5, 5.41) is 0. The summed E-state index contributed by atoms with van der Waals surface area (Å²) >= 11 is 0. The Morgan fingerprint density at radius 1 is 0.571 bits per heavy atom. The van der Waals surface area contributed by atoms with Crippen molar-refractivity contribution in [2.24, 2.45) is 11.8 Å². The number of carbonyl (C=O) groups excluding carboxylic acids is 2. The third-order valence-corrected chi connectivity index (χ3v) is 7.74. The van der Waals surface area contributed by atoms with E-state index in [-0.39, 0.29) is 48.2 Å². The summed E-state index contributed by atoms with van der Waals surface area (Å²) in [5.41, 5.74) is 1.48. The number of nitrogens with zero attached hydrogens (tertiary/aromatic N) is 2. The Bertz CT molecular complexity index is 912. The number of carbonyl (C=O) groups is 2. The summed E-state index contributed by atoms with van der Waals surface area (Å²) < 4.78 is 11.1. The van der Waals surface area contributed by atoms with E-state index < -0.39 is 0 Å². The van der Waals surface area contributed by atoms with Crippen molar-refractivity contribution in [1.29, 1.82) is 0 Å². The molecule has 0 radical (unpaired) electrons. The standard InChI is InChI=1S/C34H52N2O4.2ClH/c1-7-35(8-2)25-29(33(37)27-17-21-31(22-18-27)39-11-5)15-13-14-16-30(26-36(9-3)10-4)34(38)28-19-23-32(24-20-28)40-12-6;;/h17-24,29-30H,7-16,25-26H2,1-6H3;2*1H. The van der Waals surface area contributed by atoms with E-state index in [2.05, 4.69) is 37.5 Å². The third-order valence-electron chi connectivity index (χ3n) is 7.74. The molecule has 6 nitrogen and oxygen atoms in total. The fraction of sp³-hybridized carbons (Fsp3) is 0.588. The van der Waals surface area contributed by atoms with Gasteiger partial charge in [0.15, 0.2) is 11.6 Å². The molecule has 8 heteroatoms. The fourth-order valence-corrected chi connectivity index (χ4v) is 5.21. The number of halogens is 2. The molecule has 2 rings (SSSR count). The maximum Gasteiger partial charge on any atom is 0.167 e. The zero-order chi connectivity index (χ0) is 29.3. The molecular formula is C34H54Cl2N2O4. The van der Waals surface area contributed by atoms with Crippen LogP contribution in [-0.2, 0) is 0 Å². The largest absolute Gasteiger partial charge is 0.494 e. The number of hydrogen-bond acceptors (Lipinski definition) is 6. The summed E-state index contributed by atoms with van der Waals surface area (Å²) in [6, 6.07) is 15.1. The molecule has 0 saturated heterocycles. The highest BCUT2D eigenvalue weighted by Crippen LogP contribution is 2.24. The van der Waals surface area contributed by atoms with Gasteiger partial charge in [0.05, 0.1) is 13.2 Å². The van der Waals surface area contributed by atoms with Gasteiger partial charge in [0.2, 0.25) is 0 Å². The van der Waals surface area contributed by atoms with Gasteiger partial charge in [-0.1, -0.05) is 40.5 Å². The molecular weight excluding hydrogens is 571 g/mol. The summed E-state index contributed by atoms with van der Waals surface area (Å²) in [6.07, 6.45) is 3.47. The zero-order valence-electron chi connectivity index (χ0n) is 26.6. The van der Waals surface area contributed by atoms with Crippen LogP contribution >= 0.6 is 24.8 Å². The lowest BCUT2D eigenvalue weighted by atomic mass is 9.88. The normalized spacial score (nSPS) is 12.3.